The number of rotatable bonds is 9. The third kappa shape index (κ3) is 5.06. The lowest BCUT2D eigenvalue weighted by Gasteiger charge is -2.13. The summed E-state index contributed by atoms with van der Waals surface area (Å²) in [5.41, 5.74) is 1.34. The summed E-state index contributed by atoms with van der Waals surface area (Å²) in [4.78, 5) is 57.7. The Labute approximate surface area is 181 Å². The lowest BCUT2D eigenvalue weighted by molar-refractivity contribution is -0.140. The van der Waals surface area contributed by atoms with E-state index in [1.165, 1.54) is 18.3 Å². The Bertz CT molecular complexity index is 1200. The van der Waals surface area contributed by atoms with Crippen molar-refractivity contribution in [1.29, 1.82) is 0 Å². The van der Waals surface area contributed by atoms with E-state index in [1.54, 1.807) is 19.1 Å². The van der Waals surface area contributed by atoms with Crippen LogP contribution in [0.2, 0.25) is 0 Å². The Hall–Kier alpha value is -4.28. The quantitative estimate of drug-likeness (QED) is 0.307. The summed E-state index contributed by atoms with van der Waals surface area (Å²) >= 11 is 0. The van der Waals surface area contributed by atoms with Crippen molar-refractivity contribution in [3.05, 3.63) is 53.0 Å². The molecule has 0 unspecified atom stereocenters. The van der Waals surface area contributed by atoms with Gasteiger partial charge in [0.05, 0.1) is 10.9 Å². The van der Waals surface area contributed by atoms with Gasteiger partial charge in [0.15, 0.2) is 5.78 Å². The summed E-state index contributed by atoms with van der Waals surface area (Å²) in [5, 5.41) is 30.4. The number of carboxylic acid groups (broad SMARTS) is 2. The first-order valence-electron chi connectivity index (χ1n) is 9.58. The van der Waals surface area contributed by atoms with Crippen molar-refractivity contribution in [2.45, 2.75) is 32.2 Å². The number of hydrogen-bond acceptors (Lipinski definition) is 7. The minimum Gasteiger partial charge on any atom is -0.493 e. The fraction of sp³-hybridized carbons (Fsp3) is 0.238. The second-order valence-corrected chi connectivity index (χ2v) is 7.11. The lowest BCUT2D eigenvalue weighted by Crippen LogP contribution is -2.41. The van der Waals surface area contributed by atoms with Crippen LogP contribution >= 0.6 is 0 Å². The summed E-state index contributed by atoms with van der Waals surface area (Å²) in [6.45, 7) is 1.62. The summed E-state index contributed by atoms with van der Waals surface area (Å²) in [6.07, 6.45) is 0.792. The number of carbonyl (C=O) groups is 4. The number of aryl methyl sites for hydroxylation is 1. The number of H-pyrrole nitrogens is 1. The van der Waals surface area contributed by atoms with E-state index in [-0.39, 0.29) is 41.0 Å². The number of ketones is 1. The summed E-state index contributed by atoms with van der Waals surface area (Å²) < 4.78 is 0. The van der Waals surface area contributed by atoms with Crippen molar-refractivity contribution in [3.63, 3.8) is 0 Å². The van der Waals surface area contributed by atoms with Crippen molar-refractivity contribution in [1.82, 2.24) is 20.3 Å². The predicted octanol–water partition coefficient (Wildman–Crippen LogP) is 1.45. The molecule has 5 N–H and O–H groups in total. The van der Waals surface area contributed by atoms with Gasteiger partial charge >= 0.3 is 11.9 Å². The van der Waals surface area contributed by atoms with Crippen LogP contribution in [0.25, 0.3) is 11.0 Å². The number of carboxylic acids is 2. The van der Waals surface area contributed by atoms with Gasteiger partial charge in [0.25, 0.3) is 5.91 Å². The van der Waals surface area contributed by atoms with Crippen LogP contribution in [0.15, 0.2) is 30.5 Å². The van der Waals surface area contributed by atoms with Crippen LogP contribution in [0.3, 0.4) is 0 Å². The molecule has 32 heavy (non-hydrogen) atoms. The van der Waals surface area contributed by atoms with Gasteiger partial charge in [-0.15, -0.1) is 0 Å². The van der Waals surface area contributed by atoms with Gasteiger partial charge in [-0.05, 0) is 31.0 Å². The molecule has 1 amide bonds. The second-order valence-electron chi connectivity index (χ2n) is 7.11. The molecule has 0 saturated heterocycles. The molecule has 0 aliphatic rings. The van der Waals surface area contributed by atoms with E-state index in [2.05, 4.69) is 20.3 Å². The highest BCUT2D eigenvalue weighted by atomic mass is 16.4. The first-order valence-corrected chi connectivity index (χ1v) is 9.58. The van der Waals surface area contributed by atoms with Gasteiger partial charge < -0.3 is 25.6 Å². The molecule has 1 aromatic carbocycles. The van der Waals surface area contributed by atoms with Gasteiger partial charge in [-0.3, -0.25) is 14.4 Å². The van der Waals surface area contributed by atoms with Gasteiger partial charge in [0, 0.05) is 24.6 Å². The number of aromatic nitrogens is 3. The Kier molecular flexibility index (Phi) is 6.47. The van der Waals surface area contributed by atoms with Crippen molar-refractivity contribution in [2.75, 3.05) is 0 Å². The van der Waals surface area contributed by atoms with Crippen LogP contribution in [0.1, 0.15) is 44.9 Å². The molecule has 0 radical (unpaired) electrons. The number of aromatic hydroxyl groups is 1. The average molecular weight is 440 g/mol. The monoisotopic (exact) mass is 440 g/mol. The van der Waals surface area contributed by atoms with Crippen LogP contribution in [0, 0.1) is 6.92 Å². The molecule has 3 rings (SSSR count). The first-order chi connectivity index (χ1) is 15.2. The topological polar surface area (TPSA) is 183 Å². The number of hydrogen-bond donors (Lipinski definition) is 5. The highest BCUT2D eigenvalue weighted by molar-refractivity contribution is 6.09. The maximum absolute atomic E-state index is 12.7. The number of nitrogens with zero attached hydrogens (tertiary/aromatic N) is 2. The smallest absolute Gasteiger partial charge is 0.326 e. The molecule has 2 aromatic heterocycles. The SMILES string of the molecule is Cc1nc(O)c2c(C(=O)Cc3ccc(C(=O)N[C@@H](CCC(=O)O)C(=O)O)cc3)c[nH]c2n1. The normalized spacial score (nSPS) is 11.8. The molecule has 1 atom stereocenters. The third-order valence-corrected chi connectivity index (χ3v) is 4.76. The van der Waals surface area contributed by atoms with Crippen molar-refractivity contribution in [2.24, 2.45) is 0 Å². The van der Waals surface area contributed by atoms with Gasteiger partial charge in [-0.1, -0.05) is 12.1 Å². The standard InChI is InChI=1S/C21H20N4O7/c1-10-23-18-17(20(30)24-10)13(9-22-18)15(26)8-11-2-4-12(5-3-11)19(29)25-14(21(31)32)6-7-16(27)28/h2-5,9,14H,6-8H2,1H3,(H,25,29)(H,27,28)(H,31,32)(H2,22,23,24,30)/t14-/m0/s1. The molecule has 0 aliphatic carbocycles. The zero-order valence-electron chi connectivity index (χ0n) is 17.0. The first kappa shape index (κ1) is 22.4. The molecule has 0 bridgehead atoms. The van der Waals surface area contributed by atoms with E-state index in [1.807, 2.05) is 0 Å². The van der Waals surface area contributed by atoms with Crippen LogP contribution in [0.5, 0.6) is 5.88 Å². The number of nitrogens with one attached hydrogen (secondary N) is 2. The van der Waals surface area contributed by atoms with Gasteiger partial charge in [-0.2, -0.15) is 4.98 Å². The fourth-order valence-corrected chi connectivity index (χ4v) is 3.16. The molecule has 3 aromatic rings. The Morgan fingerprint density at radius 1 is 1.09 bits per heavy atom. The van der Waals surface area contributed by atoms with Crippen molar-refractivity contribution < 1.29 is 34.5 Å². The molecule has 11 heteroatoms. The number of aliphatic carboxylic acids is 2. The van der Waals surface area contributed by atoms with Crippen LogP contribution in [-0.4, -0.2) is 59.9 Å². The van der Waals surface area contributed by atoms with E-state index in [0.29, 0.717) is 17.0 Å². The molecule has 0 aliphatic heterocycles. The Balaban J connectivity index is 1.69. The number of fused-ring (bicyclic) bond motifs is 1. The molecule has 0 spiro atoms. The molecule has 11 nitrogen and oxygen atoms in total. The zero-order valence-corrected chi connectivity index (χ0v) is 17.0. The van der Waals surface area contributed by atoms with E-state index >= 15 is 0 Å². The number of carbonyl (C=O) groups excluding carboxylic acids is 2. The zero-order chi connectivity index (χ0) is 23.4. The Morgan fingerprint density at radius 3 is 2.41 bits per heavy atom. The van der Waals surface area contributed by atoms with Crippen LogP contribution in [-0.2, 0) is 16.0 Å². The van der Waals surface area contributed by atoms with Crippen LogP contribution < -0.4 is 5.32 Å². The summed E-state index contributed by atoms with van der Waals surface area (Å²) in [5.74, 6) is -3.39. The number of benzene rings is 1. The maximum Gasteiger partial charge on any atom is 0.326 e. The minimum atomic E-state index is -1.33. The largest absolute Gasteiger partial charge is 0.493 e. The van der Waals surface area contributed by atoms with Crippen molar-refractivity contribution >= 4 is 34.7 Å². The summed E-state index contributed by atoms with van der Waals surface area (Å²) in [7, 11) is 0. The average Bonchev–Trinajstić information content (AvgIpc) is 3.15. The molecular formula is C21H20N4O7. The van der Waals surface area contributed by atoms with Gasteiger partial charge in [0.2, 0.25) is 5.88 Å². The fourth-order valence-electron chi connectivity index (χ4n) is 3.16. The molecule has 2 heterocycles. The van der Waals surface area contributed by atoms with E-state index < -0.39 is 30.3 Å². The lowest BCUT2D eigenvalue weighted by atomic mass is 10.0. The van der Waals surface area contributed by atoms with Crippen LogP contribution in [0.4, 0.5) is 0 Å². The van der Waals surface area contributed by atoms with Crippen molar-refractivity contribution in [3.8, 4) is 5.88 Å². The third-order valence-electron chi connectivity index (χ3n) is 4.76. The van der Waals surface area contributed by atoms with E-state index in [9.17, 15) is 24.3 Å². The summed E-state index contributed by atoms with van der Waals surface area (Å²) in [6, 6.07) is 4.64. The minimum absolute atomic E-state index is 0.0153. The highest BCUT2D eigenvalue weighted by Crippen LogP contribution is 2.26. The molecular weight excluding hydrogens is 420 g/mol. The van der Waals surface area contributed by atoms with E-state index in [0.717, 1.165) is 0 Å². The highest BCUT2D eigenvalue weighted by Gasteiger charge is 2.22. The number of Topliss-reactive ketones (excluding diaryl/α,β-unsaturated/α-hetero) is 1. The van der Waals surface area contributed by atoms with E-state index in [4.69, 9.17) is 10.2 Å². The Morgan fingerprint density at radius 2 is 1.78 bits per heavy atom. The predicted molar refractivity (Wildman–Crippen MR) is 111 cm³/mol. The second kappa shape index (κ2) is 9.25. The molecule has 166 valence electrons. The number of aromatic amines is 1. The van der Waals surface area contributed by atoms with Gasteiger partial charge in [-0.25, -0.2) is 9.78 Å². The molecule has 0 saturated carbocycles. The number of amides is 1. The molecule has 0 fully saturated rings. The maximum atomic E-state index is 12.7. The van der Waals surface area contributed by atoms with Gasteiger partial charge in [0.1, 0.15) is 17.5 Å².